The van der Waals surface area contributed by atoms with E-state index in [2.05, 4.69) is 17.0 Å². The molecule has 1 aromatic heterocycles. The van der Waals surface area contributed by atoms with Gasteiger partial charge in [-0.1, -0.05) is 6.92 Å². The molecule has 5 nitrogen and oxygen atoms in total. The van der Waals surface area contributed by atoms with Crippen molar-refractivity contribution in [1.82, 2.24) is 5.32 Å². The molecule has 1 aliphatic rings. The summed E-state index contributed by atoms with van der Waals surface area (Å²) in [4.78, 5) is 22.5. The van der Waals surface area contributed by atoms with Gasteiger partial charge in [0.15, 0.2) is 0 Å². The molecule has 20 heavy (non-hydrogen) atoms. The first kappa shape index (κ1) is 14.6. The molecule has 1 aromatic rings. The molecular weight excluding hydrogens is 258 g/mol. The van der Waals surface area contributed by atoms with Crippen molar-refractivity contribution in [1.29, 1.82) is 0 Å². The van der Waals surface area contributed by atoms with E-state index in [1.165, 1.54) is 13.5 Å². The molecule has 0 bridgehead atoms. The standard InChI is InChI=1S/C15H21NO4/c1-10-9-12(10)13-5-3-11(20-13)4-6-14(17)16-8-7-15(18)19-2/h3,5,10,12H,4,6-9H2,1-2H3,(H,16,17). The second-order valence-electron chi connectivity index (χ2n) is 5.30. The van der Waals surface area contributed by atoms with Gasteiger partial charge in [-0.15, -0.1) is 0 Å². The predicted molar refractivity (Wildman–Crippen MR) is 73.2 cm³/mol. The van der Waals surface area contributed by atoms with E-state index in [1.54, 1.807) is 0 Å². The van der Waals surface area contributed by atoms with E-state index in [0.29, 0.717) is 25.3 Å². The minimum Gasteiger partial charge on any atom is -0.469 e. The van der Waals surface area contributed by atoms with E-state index in [1.807, 2.05) is 12.1 Å². The lowest BCUT2D eigenvalue weighted by atomic mass is 10.2. The van der Waals surface area contributed by atoms with Crippen molar-refractivity contribution >= 4 is 11.9 Å². The molecule has 1 N–H and O–H groups in total. The number of carbonyl (C=O) groups excluding carboxylic acids is 2. The maximum absolute atomic E-state index is 11.6. The first-order chi connectivity index (χ1) is 9.60. The number of amides is 1. The summed E-state index contributed by atoms with van der Waals surface area (Å²) < 4.78 is 10.2. The third-order valence-corrected chi connectivity index (χ3v) is 3.63. The van der Waals surface area contributed by atoms with Crippen LogP contribution in [0.5, 0.6) is 0 Å². The van der Waals surface area contributed by atoms with Crippen molar-refractivity contribution in [3.8, 4) is 0 Å². The lowest BCUT2D eigenvalue weighted by Gasteiger charge is -2.03. The highest BCUT2D eigenvalue weighted by atomic mass is 16.5. The molecule has 1 aliphatic carbocycles. The fourth-order valence-corrected chi connectivity index (χ4v) is 2.18. The van der Waals surface area contributed by atoms with E-state index >= 15 is 0 Å². The van der Waals surface area contributed by atoms with Crippen molar-refractivity contribution < 1.29 is 18.7 Å². The molecule has 1 saturated carbocycles. The molecule has 110 valence electrons. The molecule has 1 heterocycles. The first-order valence-electron chi connectivity index (χ1n) is 7.02. The van der Waals surface area contributed by atoms with Crippen LogP contribution in [-0.4, -0.2) is 25.5 Å². The Morgan fingerprint density at radius 3 is 2.80 bits per heavy atom. The Kier molecular flexibility index (Phi) is 4.82. The zero-order valence-electron chi connectivity index (χ0n) is 12.0. The van der Waals surface area contributed by atoms with Crippen LogP contribution < -0.4 is 5.32 Å². The molecule has 2 rings (SSSR count). The lowest BCUT2D eigenvalue weighted by molar-refractivity contribution is -0.140. The van der Waals surface area contributed by atoms with Gasteiger partial charge in [-0.2, -0.15) is 0 Å². The Bertz CT molecular complexity index is 480. The number of rotatable bonds is 7. The SMILES string of the molecule is COC(=O)CCNC(=O)CCc1ccc(C2CC2C)o1. The van der Waals surface area contributed by atoms with Gasteiger partial charge in [-0.25, -0.2) is 0 Å². The fraction of sp³-hybridized carbons (Fsp3) is 0.600. The molecule has 2 unspecified atom stereocenters. The van der Waals surface area contributed by atoms with Crippen molar-refractivity contribution in [3.63, 3.8) is 0 Å². The van der Waals surface area contributed by atoms with E-state index in [-0.39, 0.29) is 18.3 Å². The summed E-state index contributed by atoms with van der Waals surface area (Å²) in [6.45, 7) is 2.52. The number of methoxy groups -OCH3 is 1. The van der Waals surface area contributed by atoms with Crippen LogP contribution in [0.3, 0.4) is 0 Å². The van der Waals surface area contributed by atoms with E-state index in [9.17, 15) is 9.59 Å². The van der Waals surface area contributed by atoms with Crippen LogP contribution in [0.15, 0.2) is 16.5 Å². The fourth-order valence-electron chi connectivity index (χ4n) is 2.18. The van der Waals surface area contributed by atoms with Gasteiger partial charge in [-0.3, -0.25) is 9.59 Å². The zero-order valence-corrected chi connectivity index (χ0v) is 12.0. The van der Waals surface area contributed by atoms with Crippen LogP contribution in [0.25, 0.3) is 0 Å². The van der Waals surface area contributed by atoms with Crippen LogP contribution in [0.2, 0.25) is 0 Å². The van der Waals surface area contributed by atoms with Crippen LogP contribution in [0, 0.1) is 5.92 Å². The number of aryl methyl sites for hydroxylation is 1. The average Bonchev–Trinajstić information content (AvgIpc) is 2.99. The Hall–Kier alpha value is -1.78. The van der Waals surface area contributed by atoms with Gasteiger partial charge < -0.3 is 14.5 Å². The topological polar surface area (TPSA) is 68.5 Å². The molecule has 0 saturated heterocycles. The monoisotopic (exact) mass is 279 g/mol. The van der Waals surface area contributed by atoms with Gasteiger partial charge in [0.25, 0.3) is 0 Å². The highest BCUT2D eigenvalue weighted by Crippen LogP contribution is 2.47. The molecular formula is C15H21NO4. The van der Waals surface area contributed by atoms with Gasteiger partial charge >= 0.3 is 5.97 Å². The molecule has 0 aromatic carbocycles. The van der Waals surface area contributed by atoms with Crippen LogP contribution in [0.4, 0.5) is 0 Å². The maximum atomic E-state index is 11.6. The summed E-state index contributed by atoms with van der Waals surface area (Å²) in [6, 6.07) is 3.96. The van der Waals surface area contributed by atoms with Crippen LogP contribution in [0.1, 0.15) is 43.6 Å². The Balaban J connectivity index is 1.65. The van der Waals surface area contributed by atoms with E-state index in [4.69, 9.17) is 4.42 Å². The van der Waals surface area contributed by atoms with Gasteiger partial charge in [0.1, 0.15) is 11.5 Å². The number of hydrogen-bond acceptors (Lipinski definition) is 4. The van der Waals surface area contributed by atoms with Crippen LogP contribution in [-0.2, 0) is 20.7 Å². The predicted octanol–water partition coefficient (Wildman–Crippen LogP) is 2.01. The van der Waals surface area contributed by atoms with Crippen molar-refractivity contribution in [2.45, 2.75) is 38.5 Å². The second-order valence-corrected chi connectivity index (χ2v) is 5.30. The largest absolute Gasteiger partial charge is 0.469 e. The minimum atomic E-state index is -0.320. The number of hydrogen-bond donors (Lipinski definition) is 1. The summed E-state index contributed by atoms with van der Waals surface area (Å²) in [6.07, 6.45) is 2.35. The Morgan fingerprint density at radius 1 is 1.40 bits per heavy atom. The van der Waals surface area contributed by atoms with Crippen molar-refractivity contribution in [3.05, 3.63) is 23.7 Å². The third kappa shape index (κ3) is 4.11. The highest BCUT2D eigenvalue weighted by Gasteiger charge is 2.36. The molecule has 1 amide bonds. The normalized spacial score (nSPS) is 20.5. The van der Waals surface area contributed by atoms with E-state index < -0.39 is 0 Å². The van der Waals surface area contributed by atoms with Crippen LogP contribution >= 0.6 is 0 Å². The van der Waals surface area contributed by atoms with Crippen molar-refractivity contribution in [2.75, 3.05) is 13.7 Å². The van der Waals surface area contributed by atoms with E-state index in [0.717, 1.165) is 17.4 Å². The van der Waals surface area contributed by atoms with Gasteiger partial charge in [-0.05, 0) is 24.5 Å². The summed E-state index contributed by atoms with van der Waals surface area (Å²) in [5, 5.41) is 2.69. The Morgan fingerprint density at radius 2 is 2.15 bits per heavy atom. The first-order valence-corrected chi connectivity index (χ1v) is 7.02. The molecule has 5 heteroatoms. The summed E-state index contributed by atoms with van der Waals surface area (Å²) >= 11 is 0. The number of furan rings is 1. The maximum Gasteiger partial charge on any atom is 0.307 e. The van der Waals surface area contributed by atoms with Gasteiger partial charge in [0.2, 0.25) is 5.91 Å². The summed E-state index contributed by atoms with van der Waals surface area (Å²) in [7, 11) is 1.33. The molecule has 1 fully saturated rings. The van der Waals surface area contributed by atoms with Crippen molar-refractivity contribution in [2.24, 2.45) is 5.92 Å². The molecule has 2 atom stereocenters. The number of nitrogens with one attached hydrogen (secondary N) is 1. The Labute approximate surface area is 118 Å². The van der Waals surface area contributed by atoms with Gasteiger partial charge in [0.05, 0.1) is 13.5 Å². The molecule has 0 radical (unpaired) electrons. The summed E-state index contributed by atoms with van der Waals surface area (Å²) in [5.41, 5.74) is 0. The highest BCUT2D eigenvalue weighted by molar-refractivity contribution is 5.77. The number of ether oxygens (including phenoxy) is 1. The zero-order chi connectivity index (χ0) is 14.5. The van der Waals surface area contributed by atoms with Gasteiger partial charge in [0, 0.05) is 25.3 Å². The lowest BCUT2D eigenvalue weighted by Crippen LogP contribution is -2.26. The molecule has 0 spiro atoms. The quantitative estimate of drug-likeness (QED) is 0.775. The molecule has 0 aliphatic heterocycles. The summed E-state index contributed by atoms with van der Waals surface area (Å²) in [5.74, 6) is 2.78. The minimum absolute atomic E-state index is 0.0772. The number of esters is 1. The average molecular weight is 279 g/mol. The number of carbonyl (C=O) groups is 2. The second kappa shape index (κ2) is 6.59. The smallest absolute Gasteiger partial charge is 0.307 e. The third-order valence-electron chi connectivity index (χ3n) is 3.63.